The molecular weight excluding hydrogens is 245 g/mol. The van der Waals surface area contributed by atoms with Gasteiger partial charge in [-0.2, -0.15) is 0 Å². The fourth-order valence-electron chi connectivity index (χ4n) is 2.67. The van der Waals surface area contributed by atoms with Crippen LogP contribution in [0.2, 0.25) is 0 Å². The number of rotatable bonds is 5. The first-order valence-electron chi connectivity index (χ1n) is 6.71. The van der Waals surface area contributed by atoms with E-state index < -0.39 is 0 Å². The molecule has 0 spiro atoms. The smallest absolute Gasteiger partial charge is 0.127 e. The summed E-state index contributed by atoms with van der Waals surface area (Å²) in [5.41, 5.74) is 0.492. The molecule has 2 unspecified atom stereocenters. The summed E-state index contributed by atoms with van der Waals surface area (Å²) in [6.45, 7) is 4.08. The van der Waals surface area contributed by atoms with Crippen LogP contribution in [0.4, 0.5) is 4.39 Å². The van der Waals surface area contributed by atoms with E-state index in [0.29, 0.717) is 25.3 Å². The maximum absolute atomic E-state index is 13.8. The summed E-state index contributed by atoms with van der Waals surface area (Å²) in [6.07, 6.45) is 0.859. The van der Waals surface area contributed by atoms with E-state index in [1.807, 2.05) is 26.1 Å². The van der Waals surface area contributed by atoms with E-state index >= 15 is 0 Å². The van der Waals surface area contributed by atoms with Crippen molar-refractivity contribution in [2.45, 2.75) is 19.4 Å². The van der Waals surface area contributed by atoms with Gasteiger partial charge in [-0.3, -0.25) is 4.90 Å². The topological polar surface area (TPSA) is 32.7 Å². The number of hydrogen-bond acceptors (Lipinski definition) is 3. The Labute approximate surface area is 114 Å². The molecule has 2 atom stereocenters. The molecule has 1 aromatic rings. The summed E-state index contributed by atoms with van der Waals surface area (Å²) < 4.78 is 19.2. The van der Waals surface area contributed by atoms with Gasteiger partial charge in [0.2, 0.25) is 0 Å². The number of aliphatic hydroxyl groups is 1. The SMILES string of the molecule is CC(c1ccccc1F)N(C)CC1(CO)CCOC1. The second-order valence-corrected chi connectivity index (χ2v) is 5.57. The lowest BCUT2D eigenvalue weighted by Crippen LogP contribution is -2.40. The van der Waals surface area contributed by atoms with Gasteiger partial charge < -0.3 is 9.84 Å². The zero-order valence-corrected chi connectivity index (χ0v) is 11.6. The Morgan fingerprint density at radius 3 is 2.79 bits per heavy atom. The minimum Gasteiger partial charge on any atom is -0.396 e. The molecule has 1 fully saturated rings. The van der Waals surface area contributed by atoms with E-state index in [1.165, 1.54) is 6.07 Å². The molecule has 1 aliphatic rings. The Balaban J connectivity index is 2.07. The molecule has 1 aromatic carbocycles. The van der Waals surface area contributed by atoms with Crippen molar-refractivity contribution in [2.75, 3.05) is 33.4 Å². The van der Waals surface area contributed by atoms with E-state index in [4.69, 9.17) is 4.74 Å². The van der Waals surface area contributed by atoms with Gasteiger partial charge in [-0.15, -0.1) is 0 Å². The lowest BCUT2D eigenvalue weighted by molar-refractivity contribution is 0.0534. The average molecular weight is 267 g/mol. The van der Waals surface area contributed by atoms with Gasteiger partial charge in [0.1, 0.15) is 5.82 Å². The predicted octanol–water partition coefficient (Wildman–Crippen LogP) is 2.22. The highest BCUT2D eigenvalue weighted by atomic mass is 19.1. The third kappa shape index (κ3) is 3.14. The van der Waals surface area contributed by atoms with Crippen molar-refractivity contribution >= 4 is 0 Å². The van der Waals surface area contributed by atoms with Crippen LogP contribution in [0.3, 0.4) is 0 Å². The molecular formula is C15H22FNO2. The second-order valence-electron chi connectivity index (χ2n) is 5.57. The van der Waals surface area contributed by atoms with Gasteiger partial charge in [0.25, 0.3) is 0 Å². The van der Waals surface area contributed by atoms with E-state index in [2.05, 4.69) is 4.90 Å². The molecule has 1 aliphatic heterocycles. The molecule has 0 bridgehead atoms. The molecule has 2 rings (SSSR count). The van der Waals surface area contributed by atoms with Crippen LogP contribution in [0, 0.1) is 11.2 Å². The summed E-state index contributed by atoms with van der Waals surface area (Å²) in [4.78, 5) is 2.09. The molecule has 0 amide bonds. The summed E-state index contributed by atoms with van der Waals surface area (Å²) in [5.74, 6) is -0.178. The van der Waals surface area contributed by atoms with Crippen LogP contribution in [0.25, 0.3) is 0 Å². The summed E-state index contributed by atoms with van der Waals surface area (Å²) in [7, 11) is 1.97. The number of benzene rings is 1. The van der Waals surface area contributed by atoms with E-state index in [1.54, 1.807) is 6.07 Å². The van der Waals surface area contributed by atoms with Gasteiger partial charge in [0.15, 0.2) is 0 Å². The first-order valence-corrected chi connectivity index (χ1v) is 6.71. The first kappa shape index (κ1) is 14.4. The normalized spacial score (nSPS) is 24.9. The Kier molecular flexibility index (Phi) is 4.55. The molecule has 0 saturated carbocycles. The lowest BCUT2D eigenvalue weighted by Gasteiger charge is -2.34. The lowest BCUT2D eigenvalue weighted by atomic mass is 9.87. The van der Waals surface area contributed by atoms with E-state index in [0.717, 1.165) is 6.42 Å². The van der Waals surface area contributed by atoms with Crippen molar-refractivity contribution in [3.63, 3.8) is 0 Å². The van der Waals surface area contributed by atoms with Crippen LogP contribution in [0.5, 0.6) is 0 Å². The van der Waals surface area contributed by atoms with Gasteiger partial charge in [-0.1, -0.05) is 18.2 Å². The summed E-state index contributed by atoms with van der Waals surface area (Å²) >= 11 is 0. The maximum atomic E-state index is 13.8. The third-order valence-corrected chi connectivity index (χ3v) is 4.12. The molecule has 3 nitrogen and oxygen atoms in total. The molecule has 106 valence electrons. The van der Waals surface area contributed by atoms with Gasteiger partial charge in [-0.25, -0.2) is 4.39 Å². The largest absolute Gasteiger partial charge is 0.396 e. The monoisotopic (exact) mass is 267 g/mol. The van der Waals surface area contributed by atoms with Gasteiger partial charge in [0, 0.05) is 30.2 Å². The van der Waals surface area contributed by atoms with Crippen LogP contribution in [0.15, 0.2) is 24.3 Å². The third-order valence-electron chi connectivity index (χ3n) is 4.12. The number of nitrogens with zero attached hydrogens (tertiary/aromatic N) is 1. The van der Waals surface area contributed by atoms with Crippen LogP contribution < -0.4 is 0 Å². The minimum atomic E-state index is -0.200. The highest BCUT2D eigenvalue weighted by Crippen LogP contribution is 2.32. The predicted molar refractivity (Wildman–Crippen MR) is 72.4 cm³/mol. The van der Waals surface area contributed by atoms with Gasteiger partial charge in [-0.05, 0) is 26.5 Å². The van der Waals surface area contributed by atoms with Crippen LogP contribution in [-0.2, 0) is 4.74 Å². The Hall–Kier alpha value is -0.970. The quantitative estimate of drug-likeness (QED) is 0.888. The second kappa shape index (κ2) is 5.99. The first-order chi connectivity index (χ1) is 9.08. The molecule has 1 heterocycles. The fourth-order valence-corrected chi connectivity index (χ4v) is 2.67. The van der Waals surface area contributed by atoms with Crippen molar-refractivity contribution in [1.29, 1.82) is 0 Å². The van der Waals surface area contributed by atoms with Crippen molar-refractivity contribution in [3.8, 4) is 0 Å². The van der Waals surface area contributed by atoms with Gasteiger partial charge >= 0.3 is 0 Å². The van der Waals surface area contributed by atoms with Gasteiger partial charge in [0.05, 0.1) is 13.2 Å². The number of ether oxygens (including phenoxy) is 1. The van der Waals surface area contributed by atoms with Crippen molar-refractivity contribution in [2.24, 2.45) is 5.41 Å². The fraction of sp³-hybridized carbons (Fsp3) is 0.600. The molecule has 0 radical (unpaired) electrons. The minimum absolute atomic E-state index is 0.0229. The van der Waals surface area contributed by atoms with Crippen LogP contribution in [-0.4, -0.2) is 43.4 Å². The number of aliphatic hydroxyl groups excluding tert-OH is 1. The van der Waals surface area contributed by atoms with E-state index in [9.17, 15) is 9.50 Å². The Morgan fingerprint density at radius 1 is 1.47 bits per heavy atom. The zero-order chi connectivity index (χ0) is 13.9. The molecule has 1 N–H and O–H groups in total. The van der Waals surface area contributed by atoms with E-state index in [-0.39, 0.29) is 23.9 Å². The highest BCUT2D eigenvalue weighted by molar-refractivity contribution is 5.20. The average Bonchev–Trinajstić information content (AvgIpc) is 2.87. The Morgan fingerprint density at radius 2 is 2.21 bits per heavy atom. The highest BCUT2D eigenvalue weighted by Gasteiger charge is 2.36. The molecule has 0 aromatic heterocycles. The standard InChI is InChI=1S/C15H22FNO2/c1-12(13-5-3-4-6-14(13)16)17(2)9-15(10-18)7-8-19-11-15/h3-6,12,18H,7-11H2,1-2H3. The van der Waals surface area contributed by atoms with Crippen LogP contribution in [0.1, 0.15) is 24.9 Å². The Bertz CT molecular complexity index is 418. The number of hydrogen-bond donors (Lipinski definition) is 1. The van der Waals surface area contributed by atoms with Crippen molar-refractivity contribution in [3.05, 3.63) is 35.6 Å². The summed E-state index contributed by atoms with van der Waals surface area (Å²) in [5, 5.41) is 9.59. The maximum Gasteiger partial charge on any atom is 0.127 e. The number of halogens is 1. The molecule has 4 heteroatoms. The molecule has 19 heavy (non-hydrogen) atoms. The molecule has 1 saturated heterocycles. The van der Waals surface area contributed by atoms with Crippen molar-refractivity contribution in [1.82, 2.24) is 4.90 Å². The van der Waals surface area contributed by atoms with Crippen molar-refractivity contribution < 1.29 is 14.2 Å². The van der Waals surface area contributed by atoms with Crippen LogP contribution >= 0.6 is 0 Å². The molecule has 0 aliphatic carbocycles. The summed E-state index contributed by atoms with van der Waals surface area (Å²) in [6, 6.07) is 6.83. The zero-order valence-electron chi connectivity index (χ0n) is 11.6.